The number of nitrogens with zero attached hydrogens (tertiary/aromatic N) is 1. The van der Waals surface area contributed by atoms with Gasteiger partial charge in [-0.25, -0.2) is 0 Å². The van der Waals surface area contributed by atoms with E-state index in [1.807, 2.05) is 7.05 Å². The van der Waals surface area contributed by atoms with Crippen LogP contribution in [0.4, 0.5) is 0 Å². The molecule has 2 nitrogen and oxygen atoms in total. The van der Waals surface area contributed by atoms with Crippen molar-refractivity contribution in [1.29, 1.82) is 0 Å². The Kier molecular flexibility index (Phi) is 3.99. The molecule has 0 aliphatic carbocycles. The Bertz CT molecular complexity index is 457. The topological polar surface area (TPSA) is 17.0 Å². The van der Waals surface area contributed by atoms with Crippen LogP contribution in [-0.4, -0.2) is 11.6 Å². The van der Waals surface area contributed by atoms with E-state index in [0.717, 1.165) is 19.5 Å². The van der Waals surface area contributed by atoms with Crippen LogP contribution in [0.15, 0.2) is 42.6 Å². The first kappa shape index (κ1) is 11.9. The molecule has 90 valence electrons. The van der Waals surface area contributed by atoms with Gasteiger partial charge in [-0.15, -0.1) is 0 Å². The lowest BCUT2D eigenvalue weighted by molar-refractivity contribution is 0.675. The van der Waals surface area contributed by atoms with Crippen molar-refractivity contribution >= 4 is 0 Å². The van der Waals surface area contributed by atoms with Crippen LogP contribution in [0.5, 0.6) is 0 Å². The van der Waals surface area contributed by atoms with Gasteiger partial charge in [-0.1, -0.05) is 30.3 Å². The molecule has 0 saturated carbocycles. The summed E-state index contributed by atoms with van der Waals surface area (Å²) in [6.07, 6.45) is 3.28. The van der Waals surface area contributed by atoms with Gasteiger partial charge in [-0.05, 0) is 37.6 Å². The van der Waals surface area contributed by atoms with Crippen molar-refractivity contribution in [1.82, 2.24) is 9.88 Å². The maximum Gasteiger partial charge on any atom is 0.0262 e. The Morgan fingerprint density at radius 3 is 2.59 bits per heavy atom. The molecule has 0 bridgehead atoms. The molecule has 0 fully saturated rings. The van der Waals surface area contributed by atoms with E-state index in [1.165, 1.54) is 16.8 Å². The van der Waals surface area contributed by atoms with E-state index >= 15 is 0 Å². The van der Waals surface area contributed by atoms with E-state index in [4.69, 9.17) is 0 Å². The smallest absolute Gasteiger partial charge is 0.0262 e. The molecule has 2 heteroatoms. The number of hydrogen-bond donors (Lipinski definition) is 1. The highest BCUT2D eigenvalue weighted by Gasteiger charge is 2.03. The average Bonchev–Trinajstić information content (AvgIpc) is 2.70. The number of hydrogen-bond acceptors (Lipinski definition) is 1. The standard InChI is InChI=1S/C15H20N2/c1-13-15(12-16-2)9-11-17(13)10-8-14-6-4-3-5-7-14/h3-7,9,11,16H,8,10,12H2,1-2H3. The number of aryl methyl sites for hydroxylation is 2. The minimum atomic E-state index is 0.949. The van der Waals surface area contributed by atoms with Gasteiger partial charge in [-0.3, -0.25) is 0 Å². The zero-order chi connectivity index (χ0) is 12.1. The molecule has 0 spiro atoms. The third-order valence-electron chi connectivity index (χ3n) is 3.20. The Hall–Kier alpha value is -1.54. The van der Waals surface area contributed by atoms with Crippen molar-refractivity contribution in [2.75, 3.05) is 7.05 Å². The molecule has 17 heavy (non-hydrogen) atoms. The maximum atomic E-state index is 3.20. The van der Waals surface area contributed by atoms with Gasteiger partial charge in [0.05, 0.1) is 0 Å². The summed E-state index contributed by atoms with van der Waals surface area (Å²) in [6, 6.07) is 12.8. The van der Waals surface area contributed by atoms with E-state index in [2.05, 4.69) is 59.4 Å². The average molecular weight is 228 g/mol. The summed E-state index contributed by atoms with van der Waals surface area (Å²) >= 11 is 0. The molecule has 0 amide bonds. The highest BCUT2D eigenvalue weighted by Crippen LogP contribution is 2.11. The third-order valence-corrected chi connectivity index (χ3v) is 3.20. The molecule has 0 radical (unpaired) electrons. The van der Waals surface area contributed by atoms with Crippen LogP contribution < -0.4 is 5.32 Å². The number of aromatic nitrogens is 1. The zero-order valence-corrected chi connectivity index (χ0v) is 10.6. The quantitative estimate of drug-likeness (QED) is 0.832. The molecule has 0 unspecified atom stereocenters. The monoisotopic (exact) mass is 228 g/mol. The van der Waals surface area contributed by atoms with Crippen LogP contribution in [0.2, 0.25) is 0 Å². The van der Waals surface area contributed by atoms with Crippen molar-refractivity contribution in [3.63, 3.8) is 0 Å². The summed E-state index contributed by atoms with van der Waals surface area (Å²) in [7, 11) is 1.99. The Morgan fingerprint density at radius 1 is 1.12 bits per heavy atom. The third kappa shape index (κ3) is 2.98. The molecule has 1 N–H and O–H groups in total. The van der Waals surface area contributed by atoms with Crippen molar-refractivity contribution in [2.24, 2.45) is 0 Å². The van der Waals surface area contributed by atoms with Gasteiger partial charge in [0.25, 0.3) is 0 Å². The lowest BCUT2D eigenvalue weighted by atomic mass is 10.1. The van der Waals surface area contributed by atoms with Gasteiger partial charge in [0.15, 0.2) is 0 Å². The highest BCUT2D eigenvalue weighted by atomic mass is 15.0. The largest absolute Gasteiger partial charge is 0.351 e. The van der Waals surface area contributed by atoms with Gasteiger partial charge < -0.3 is 9.88 Å². The molecule has 0 aliphatic rings. The summed E-state index contributed by atoms with van der Waals surface area (Å²) in [5.41, 5.74) is 4.16. The number of benzene rings is 1. The first-order valence-corrected chi connectivity index (χ1v) is 6.14. The van der Waals surface area contributed by atoms with Crippen LogP contribution in [0.3, 0.4) is 0 Å². The minimum Gasteiger partial charge on any atom is -0.351 e. The van der Waals surface area contributed by atoms with Crippen molar-refractivity contribution < 1.29 is 0 Å². The molecule has 1 heterocycles. The fraction of sp³-hybridized carbons (Fsp3) is 0.333. The Balaban J connectivity index is 2.00. The van der Waals surface area contributed by atoms with E-state index in [1.54, 1.807) is 0 Å². The zero-order valence-electron chi connectivity index (χ0n) is 10.6. The number of nitrogens with one attached hydrogen (secondary N) is 1. The molecule has 1 aromatic carbocycles. The fourth-order valence-electron chi connectivity index (χ4n) is 2.11. The second-order valence-electron chi connectivity index (χ2n) is 4.39. The predicted octanol–water partition coefficient (Wildman–Crippen LogP) is 2.76. The minimum absolute atomic E-state index is 0.949. The van der Waals surface area contributed by atoms with Crippen LogP contribution in [0, 0.1) is 6.92 Å². The molecule has 0 aliphatic heterocycles. The predicted molar refractivity (Wildman–Crippen MR) is 72.1 cm³/mol. The molecule has 0 atom stereocenters. The summed E-state index contributed by atoms with van der Waals surface area (Å²) in [6.45, 7) is 4.20. The second kappa shape index (κ2) is 5.69. The van der Waals surface area contributed by atoms with Crippen molar-refractivity contribution in [2.45, 2.75) is 26.4 Å². The summed E-state index contributed by atoms with van der Waals surface area (Å²) < 4.78 is 2.33. The molecular weight excluding hydrogens is 208 g/mol. The highest BCUT2D eigenvalue weighted by molar-refractivity contribution is 5.21. The number of rotatable bonds is 5. The van der Waals surface area contributed by atoms with Crippen LogP contribution >= 0.6 is 0 Å². The van der Waals surface area contributed by atoms with Gasteiger partial charge in [-0.2, -0.15) is 0 Å². The normalized spacial score (nSPS) is 10.7. The maximum absolute atomic E-state index is 3.20. The van der Waals surface area contributed by atoms with Crippen LogP contribution in [-0.2, 0) is 19.5 Å². The van der Waals surface area contributed by atoms with E-state index in [-0.39, 0.29) is 0 Å². The van der Waals surface area contributed by atoms with Gasteiger partial charge in [0.2, 0.25) is 0 Å². The van der Waals surface area contributed by atoms with Crippen molar-refractivity contribution in [3.05, 3.63) is 59.4 Å². The van der Waals surface area contributed by atoms with E-state index in [9.17, 15) is 0 Å². The SMILES string of the molecule is CNCc1ccn(CCc2ccccc2)c1C. The van der Waals surface area contributed by atoms with Gasteiger partial charge >= 0.3 is 0 Å². The summed E-state index contributed by atoms with van der Waals surface area (Å²) in [5, 5.41) is 3.20. The van der Waals surface area contributed by atoms with Crippen LogP contribution in [0.1, 0.15) is 16.8 Å². The Labute approximate surface area is 103 Å². The molecule has 0 saturated heterocycles. The fourth-order valence-corrected chi connectivity index (χ4v) is 2.11. The lowest BCUT2D eigenvalue weighted by Crippen LogP contribution is -2.07. The first-order valence-electron chi connectivity index (χ1n) is 6.14. The second-order valence-corrected chi connectivity index (χ2v) is 4.39. The lowest BCUT2D eigenvalue weighted by Gasteiger charge is -2.07. The van der Waals surface area contributed by atoms with Crippen LogP contribution in [0.25, 0.3) is 0 Å². The summed E-state index contributed by atoms with van der Waals surface area (Å²) in [4.78, 5) is 0. The molecule has 2 aromatic rings. The van der Waals surface area contributed by atoms with E-state index < -0.39 is 0 Å². The summed E-state index contributed by atoms with van der Waals surface area (Å²) in [5.74, 6) is 0. The van der Waals surface area contributed by atoms with Gasteiger partial charge in [0.1, 0.15) is 0 Å². The van der Waals surface area contributed by atoms with E-state index in [0.29, 0.717) is 0 Å². The molecular formula is C15H20N2. The molecule has 2 rings (SSSR count). The Morgan fingerprint density at radius 2 is 1.88 bits per heavy atom. The van der Waals surface area contributed by atoms with Crippen molar-refractivity contribution in [3.8, 4) is 0 Å². The molecule has 1 aromatic heterocycles. The van der Waals surface area contributed by atoms with Gasteiger partial charge in [0, 0.05) is 25.0 Å². The first-order chi connectivity index (χ1) is 8.31.